The van der Waals surface area contributed by atoms with Crippen LogP contribution in [0.4, 0.5) is 8.78 Å². The molecule has 1 aliphatic rings. The standard InChI is InChI=1S/C27H23Cl2F2NO7/c28-20-12-32(35)13-21(29)19(20)11-23(38-25(33)15-37-26(34)17-4-2-1-3-5-17)18-8-9-22(39-27(30)31)24(10-18)36-14-16-6-7-16/h1-5,8-10,12-13,16,23,27H,6-7,11,14-15H2/t23-/m0/s1. The average molecular weight is 582 g/mol. The highest BCUT2D eigenvalue weighted by molar-refractivity contribution is 6.35. The van der Waals surface area contributed by atoms with Gasteiger partial charge in [0.1, 0.15) is 16.1 Å². The van der Waals surface area contributed by atoms with Crippen molar-refractivity contribution < 1.29 is 42.0 Å². The molecule has 39 heavy (non-hydrogen) atoms. The van der Waals surface area contributed by atoms with Crippen molar-refractivity contribution in [3.63, 3.8) is 0 Å². The number of hydrogen-bond acceptors (Lipinski definition) is 7. The van der Waals surface area contributed by atoms with E-state index in [1.54, 1.807) is 18.2 Å². The molecule has 1 aliphatic carbocycles. The predicted octanol–water partition coefficient (Wildman–Crippen LogP) is 5.70. The first kappa shape index (κ1) is 28.4. The highest BCUT2D eigenvalue weighted by Crippen LogP contribution is 2.37. The number of carbonyl (C=O) groups is 2. The Labute approximate surface area is 232 Å². The molecule has 1 saturated carbocycles. The van der Waals surface area contributed by atoms with Crippen molar-refractivity contribution in [1.29, 1.82) is 0 Å². The summed E-state index contributed by atoms with van der Waals surface area (Å²) in [6.07, 6.45) is 2.96. The average Bonchev–Trinajstić information content (AvgIpc) is 3.73. The molecule has 1 heterocycles. The zero-order chi connectivity index (χ0) is 27.9. The van der Waals surface area contributed by atoms with E-state index in [9.17, 15) is 23.6 Å². The summed E-state index contributed by atoms with van der Waals surface area (Å²) in [5.41, 5.74) is 0.900. The number of esters is 2. The highest BCUT2D eigenvalue weighted by Gasteiger charge is 2.26. The first-order valence-corrected chi connectivity index (χ1v) is 12.6. The first-order valence-electron chi connectivity index (χ1n) is 11.9. The number of rotatable bonds is 12. The Morgan fingerprint density at radius 2 is 1.72 bits per heavy atom. The minimum atomic E-state index is -3.08. The van der Waals surface area contributed by atoms with Gasteiger partial charge in [-0.2, -0.15) is 13.5 Å². The predicted molar refractivity (Wildman–Crippen MR) is 136 cm³/mol. The van der Waals surface area contributed by atoms with E-state index in [0.29, 0.717) is 28.4 Å². The van der Waals surface area contributed by atoms with Gasteiger partial charge < -0.3 is 24.2 Å². The van der Waals surface area contributed by atoms with Gasteiger partial charge in [-0.1, -0.05) is 47.5 Å². The Bertz CT molecular complexity index is 1300. The van der Waals surface area contributed by atoms with Gasteiger partial charge in [0.15, 0.2) is 30.5 Å². The molecule has 12 heteroatoms. The van der Waals surface area contributed by atoms with Crippen molar-refractivity contribution in [3.8, 4) is 11.5 Å². The maximum Gasteiger partial charge on any atom is 0.387 e. The van der Waals surface area contributed by atoms with Gasteiger partial charge in [0.05, 0.1) is 12.2 Å². The Kier molecular flexibility index (Phi) is 9.42. The van der Waals surface area contributed by atoms with Crippen LogP contribution in [0.25, 0.3) is 0 Å². The fraction of sp³-hybridized carbons (Fsp3) is 0.296. The number of ether oxygens (including phenoxy) is 4. The van der Waals surface area contributed by atoms with E-state index in [-0.39, 0.29) is 33.5 Å². The lowest BCUT2D eigenvalue weighted by molar-refractivity contribution is -0.605. The molecule has 0 aliphatic heterocycles. The highest BCUT2D eigenvalue weighted by atomic mass is 35.5. The summed E-state index contributed by atoms with van der Waals surface area (Å²) in [5.74, 6) is -1.43. The second-order valence-electron chi connectivity index (χ2n) is 8.76. The monoisotopic (exact) mass is 581 g/mol. The van der Waals surface area contributed by atoms with Gasteiger partial charge in [-0.15, -0.1) is 0 Å². The molecule has 1 aromatic heterocycles. The summed E-state index contributed by atoms with van der Waals surface area (Å²) >= 11 is 12.5. The lowest BCUT2D eigenvalue weighted by atomic mass is 10.0. The first-order chi connectivity index (χ1) is 18.7. The van der Waals surface area contributed by atoms with Gasteiger partial charge in [-0.05, 0) is 48.6 Å². The van der Waals surface area contributed by atoms with Crippen molar-refractivity contribution in [1.82, 2.24) is 0 Å². The number of benzene rings is 2. The second kappa shape index (κ2) is 12.9. The molecule has 0 N–H and O–H groups in total. The number of halogens is 4. The van der Waals surface area contributed by atoms with Gasteiger partial charge in [-0.25, -0.2) is 9.59 Å². The summed E-state index contributed by atoms with van der Waals surface area (Å²) in [4.78, 5) is 25.0. The molecule has 0 radical (unpaired) electrons. The number of alkyl halides is 2. The minimum Gasteiger partial charge on any atom is -0.619 e. The summed E-state index contributed by atoms with van der Waals surface area (Å²) in [6.45, 7) is -3.46. The molecule has 1 fully saturated rings. The zero-order valence-electron chi connectivity index (χ0n) is 20.4. The van der Waals surface area contributed by atoms with Crippen LogP contribution in [-0.2, 0) is 20.7 Å². The van der Waals surface area contributed by atoms with E-state index in [1.165, 1.54) is 30.3 Å². The van der Waals surface area contributed by atoms with Crippen LogP contribution < -0.4 is 14.2 Å². The Morgan fingerprint density at radius 3 is 2.36 bits per heavy atom. The molecule has 206 valence electrons. The third kappa shape index (κ3) is 8.18. The van der Waals surface area contributed by atoms with Gasteiger partial charge in [0.25, 0.3) is 0 Å². The Morgan fingerprint density at radius 1 is 1.03 bits per heavy atom. The largest absolute Gasteiger partial charge is 0.619 e. The fourth-order valence-corrected chi connectivity index (χ4v) is 4.24. The SMILES string of the molecule is O=C(COC(=O)c1ccccc1)O[C@@H](Cc1c(Cl)c[n+]([O-])cc1Cl)c1ccc(OC(F)F)c(OCC2CC2)c1. The molecular formula is C27H23Cl2F2NO7. The number of nitrogens with zero attached hydrogens (tertiary/aromatic N) is 1. The number of carbonyl (C=O) groups excluding carboxylic acids is 2. The van der Waals surface area contributed by atoms with Gasteiger partial charge in [-0.3, -0.25) is 0 Å². The van der Waals surface area contributed by atoms with Gasteiger partial charge >= 0.3 is 18.6 Å². The van der Waals surface area contributed by atoms with E-state index in [0.717, 1.165) is 25.2 Å². The van der Waals surface area contributed by atoms with E-state index < -0.39 is 31.3 Å². The Balaban J connectivity index is 1.58. The summed E-state index contributed by atoms with van der Waals surface area (Å²) < 4.78 is 47.4. The molecule has 8 nitrogen and oxygen atoms in total. The molecular weight excluding hydrogens is 559 g/mol. The molecule has 0 unspecified atom stereocenters. The van der Waals surface area contributed by atoms with Crippen LogP contribution in [0.5, 0.6) is 11.5 Å². The van der Waals surface area contributed by atoms with Crippen molar-refractivity contribution >= 4 is 35.1 Å². The summed E-state index contributed by atoms with van der Waals surface area (Å²) in [6, 6.07) is 12.2. The van der Waals surface area contributed by atoms with E-state index >= 15 is 0 Å². The van der Waals surface area contributed by atoms with Crippen molar-refractivity contribution in [3.05, 3.63) is 92.9 Å². The minimum absolute atomic E-state index is 0.0249. The van der Waals surface area contributed by atoms with Crippen LogP contribution in [0.15, 0.2) is 60.9 Å². The molecule has 2 aromatic carbocycles. The van der Waals surface area contributed by atoms with Crippen LogP contribution in [0, 0.1) is 11.1 Å². The smallest absolute Gasteiger partial charge is 0.387 e. The maximum atomic E-state index is 13.0. The topological polar surface area (TPSA) is 98.0 Å². The third-order valence-corrected chi connectivity index (χ3v) is 6.43. The van der Waals surface area contributed by atoms with E-state index in [4.69, 9.17) is 37.4 Å². The van der Waals surface area contributed by atoms with Gasteiger partial charge in [0.2, 0.25) is 0 Å². The molecule has 1 atom stereocenters. The van der Waals surface area contributed by atoms with Crippen LogP contribution in [0.2, 0.25) is 10.0 Å². The normalized spacial score (nSPS) is 13.6. The summed E-state index contributed by atoms with van der Waals surface area (Å²) in [5, 5.41) is 11.7. The molecule has 0 bridgehead atoms. The van der Waals surface area contributed by atoms with Crippen molar-refractivity contribution in [2.24, 2.45) is 5.92 Å². The second-order valence-corrected chi connectivity index (χ2v) is 9.57. The maximum absolute atomic E-state index is 13.0. The third-order valence-electron chi connectivity index (χ3n) is 5.78. The number of hydrogen-bond donors (Lipinski definition) is 0. The van der Waals surface area contributed by atoms with Crippen LogP contribution in [0.1, 0.15) is 40.4 Å². The number of pyridine rings is 1. The fourth-order valence-electron chi connectivity index (χ4n) is 3.64. The van der Waals surface area contributed by atoms with Crippen LogP contribution in [0.3, 0.4) is 0 Å². The van der Waals surface area contributed by atoms with Crippen molar-refractivity contribution in [2.45, 2.75) is 32.0 Å². The van der Waals surface area contributed by atoms with Crippen molar-refractivity contribution in [2.75, 3.05) is 13.2 Å². The van der Waals surface area contributed by atoms with E-state index in [1.807, 2.05) is 0 Å². The lowest BCUT2D eigenvalue weighted by Gasteiger charge is -2.21. The van der Waals surface area contributed by atoms with Gasteiger partial charge in [0, 0.05) is 12.0 Å². The quantitative estimate of drug-likeness (QED) is 0.154. The zero-order valence-corrected chi connectivity index (χ0v) is 21.9. The number of aromatic nitrogens is 1. The molecule has 0 saturated heterocycles. The lowest BCUT2D eigenvalue weighted by Crippen LogP contribution is -2.26. The molecule has 0 amide bonds. The molecule has 3 aromatic rings. The van der Waals surface area contributed by atoms with E-state index in [2.05, 4.69) is 4.74 Å². The molecule has 0 spiro atoms. The molecule has 4 rings (SSSR count). The van der Waals surface area contributed by atoms with Crippen LogP contribution >= 0.6 is 23.2 Å². The van der Waals surface area contributed by atoms with Crippen LogP contribution in [-0.4, -0.2) is 31.8 Å². The Hall–Kier alpha value is -3.63. The summed E-state index contributed by atoms with van der Waals surface area (Å²) in [7, 11) is 0.